The summed E-state index contributed by atoms with van der Waals surface area (Å²) in [5.41, 5.74) is 0.595. The molecule has 0 bridgehead atoms. The third-order valence-corrected chi connectivity index (χ3v) is 11.8. The first kappa shape index (κ1) is 137. The lowest BCUT2D eigenvalue weighted by molar-refractivity contribution is -0.312. The van der Waals surface area contributed by atoms with Crippen molar-refractivity contribution in [1.29, 1.82) is 0 Å². The van der Waals surface area contributed by atoms with E-state index in [-0.39, 0.29) is 71.3 Å². The summed E-state index contributed by atoms with van der Waals surface area (Å²) in [6, 6.07) is 17.4. The van der Waals surface area contributed by atoms with Crippen molar-refractivity contribution in [1.82, 2.24) is 0 Å². The van der Waals surface area contributed by atoms with Gasteiger partial charge in [-0.25, -0.2) is 24.0 Å². The predicted octanol–water partition coefficient (Wildman–Crippen LogP) is 17.4. The Kier molecular flexibility index (Phi) is 70.0. The second-order valence-electron chi connectivity index (χ2n) is 23.7. The molecule has 2 aromatic carbocycles. The van der Waals surface area contributed by atoms with E-state index in [9.17, 15) is 190 Å². The molecule has 0 spiro atoms. The molecule has 0 radical (unpaired) electrons. The fourth-order valence-corrected chi connectivity index (χ4v) is 6.91. The molecule has 758 valence electrons. The van der Waals surface area contributed by atoms with E-state index in [1.807, 2.05) is 18.2 Å². The summed E-state index contributed by atoms with van der Waals surface area (Å²) in [4.78, 5) is 147. The number of benzene rings is 2. The van der Waals surface area contributed by atoms with Crippen molar-refractivity contribution in [2.24, 2.45) is 0 Å². The first-order valence-corrected chi connectivity index (χ1v) is 36.1. The molecule has 0 saturated heterocycles. The number of esters is 14. The standard InChI is InChI=1S/C14H16F2O4.C9H11F5O4.2C9H14F2O4.C8H12F2O4.C8H8O2.C5H4F6O2.C4H5F3O2.C4H8O2.2C2H3F3/c1-3-12(20-10(2)17)14(15,16)13(18)19-9-11-7-5-4-6-8-11;1-3-6(18-5(2)15)9(13,14)7(16)17-4-8(10,11)12;2*1-4-7(15-6(3)12)9(10,11)8(13)14-5-2;1-4-6(14-5(2)11)8(9,10)7(12)13-3;1-7(9)10-8-5-3-2-4-6-8;1-2(12)13-3(4(6,7)8)5(9,10)11;1-3(8)9-2-4(5,6)7;1-3-6-4(2)5;2*1-2(3,4)5/h4-8,12H,3,9H2,1-2H3;6H,3-4H2,1-2H3;2*7H,4-5H2,1-3H3;6H,4H2,1-3H3;2-6H,1H3;3H,1H3;2H2,1H3;3H2,1-2H3;2*1H3. The second kappa shape index (κ2) is 66.4. The van der Waals surface area contributed by atoms with Gasteiger partial charge in [0.1, 0.15) is 12.4 Å². The normalized spacial score (nSPS) is 12.4. The maximum Gasteiger partial charge on any atom is 0.434 e. The first-order chi connectivity index (χ1) is 58.5. The van der Waals surface area contributed by atoms with Crippen LogP contribution in [0, 0.1) is 0 Å². The van der Waals surface area contributed by atoms with E-state index in [1.54, 1.807) is 49.4 Å². The van der Waals surface area contributed by atoms with Crippen molar-refractivity contribution in [2.75, 3.05) is 40.1 Å². The zero-order valence-electron chi connectivity index (χ0n) is 72.5. The molecule has 0 saturated carbocycles. The molecular weight excluding hydrogens is 1870 g/mol. The summed E-state index contributed by atoms with van der Waals surface area (Å²) in [6.45, 7) is 17.0. The summed E-state index contributed by atoms with van der Waals surface area (Å²) >= 11 is 0. The van der Waals surface area contributed by atoms with Crippen molar-refractivity contribution >= 4 is 83.6 Å². The predicted molar refractivity (Wildman–Crippen MR) is 386 cm³/mol. The van der Waals surface area contributed by atoms with Crippen LogP contribution in [0.4, 0.5) is 123 Å². The van der Waals surface area contributed by atoms with Gasteiger partial charge in [-0.15, -0.1) is 0 Å². The van der Waals surface area contributed by atoms with Crippen LogP contribution in [0.1, 0.15) is 169 Å². The summed E-state index contributed by atoms with van der Waals surface area (Å²) < 4.78 is 391. The minimum Gasteiger partial charge on any atom is -0.466 e. The number of hydrogen-bond donors (Lipinski definition) is 0. The molecule has 0 aliphatic rings. The number of rotatable bonds is 29. The molecule has 5 atom stereocenters. The monoisotopic (exact) mass is 1970 g/mol. The molecule has 2 aromatic rings. The Labute approximate surface area is 724 Å². The van der Waals surface area contributed by atoms with Crippen molar-refractivity contribution < 1.29 is 256 Å². The minimum absolute atomic E-state index is 0.148. The molecule has 0 heterocycles. The zero-order valence-corrected chi connectivity index (χ0v) is 72.5. The Bertz CT molecular complexity index is 3520. The van der Waals surface area contributed by atoms with Crippen LogP contribution in [0.25, 0.3) is 0 Å². The fraction of sp³-hybridized carbons (Fsp3) is 0.649. The Hall–Kier alpha value is -10.9. The average Bonchev–Trinajstić information content (AvgIpc) is 0.904. The lowest BCUT2D eigenvalue weighted by Gasteiger charge is -2.23. The van der Waals surface area contributed by atoms with Gasteiger partial charge in [0.25, 0.3) is 6.10 Å². The number of hydrogen-bond acceptors (Lipinski definition) is 28. The molecule has 0 aliphatic heterocycles. The highest BCUT2D eigenvalue weighted by Crippen LogP contribution is 2.36. The Morgan fingerprint density at radius 2 is 0.500 bits per heavy atom. The number of para-hydroxylation sites is 1. The van der Waals surface area contributed by atoms with Gasteiger partial charge in [0.05, 0.1) is 26.9 Å². The lowest BCUT2D eigenvalue weighted by Crippen LogP contribution is -2.45. The lowest BCUT2D eigenvalue weighted by atomic mass is 10.1. The molecular formula is C74H98F28O28. The molecule has 28 nitrogen and oxygen atoms in total. The summed E-state index contributed by atoms with van der Waals surface area (Å²) in [6.07, 6.45) is -43.0. The fourth-order valence-electron chi connectivity index (χ4n) is 6.91. The van der Waals surface area contributed by atoms with Gasteiger partial charge >= 0.3 is 150 Å². The van der Waals surface area contributed by atoms with Gasteiger partial charge in [-0.05, 0) is 70.6 Å². The molecule has 56 heteroatoms. The van der Waals surface area contributed by atoms with E-state index in [2.05, 4.69) is 61.6 Å². The second-order valence-corrected chi connectivity index (χ2v) is 23.7. The molecule has 0 amide bonds. The summed E-state index contributed by atoms with van der Waals surface area (Å²) in [7, 11) is 0.844. The van der Waals surface area contributed by atoms with E-state index in [0.29, 0.717) is 24.8 Å². The van der Waals surface area contributed by atoms with Crippen LogP contribution in [-0.2, 0) is 135 Å². The number of ether oxygens (including phenoxy) is 14. The Balaban J connectivity index is -0.000000181. The van der Waals surface area contributed by atoms with Crippen LogP contribution in [0.5, 0.6) is 5.75 Å². The topological polar surface area (TPSA) is 368 Å². The average molecular weight is 1970 g/mol. The van der Waals surface area contributed by atoms with Crippen LogP contribution in [0.3, 0.4) is 0 Å². The van der Waals surface area contributed by atoms with Gasteiger partial charge in [0.15, 0.2) is 43.7 Å². The number of methoxy groups -OCH3 is 1. The van der Waals surface area contributed by atoms with Crippen molar-refractivity contribution in [2.45, 2.75) is 274 Å². The molecule has 0 aromatic heterocycles. The molecule has 2 rings (SSSR count). The number of carbonyl (C=O) groups excluding carboxylic acids is 14. The zero-order chi connectivity index (χ0) is 105. The summed E-state index contributed by atoms with van der Waals surface area (Å²) in [5, 5.41) is 0. The smallest absolute Gasteiger partial charge is 0.434 e. The third kappa shape index (κ3) is 77.0. The first-order valence-electron chi connectivity index (χ1n) is 36.1. The summed E-state index contributed by atoms with van der Waals surface area (Å²) in [5.74, 6) is -35.7. The van der Waals surface area contributed by atoms with Crippen molar-refractivity contribution in [3.05, 3.63) is 66.2 Å². The molecule has 130 heavy (non-hydrogen) atoms. The van der Waals surface area contributed by atoms with Gasteiger partial charge in [0, 0.05) is 76.2 Å². The maximum absolute atomic E-state index is 13.8. The van der Waals surface area contributed by atoms with Crippen LogP contribution < -0.4 is 4.74 Å². The van der Waals surface area contributed by atoms with E-state index in [0.717, 1.165) is 48.7 Å². The van der Waals surface area contributed by atoms with E-state index in [4.69, 9.17) is 4.74 Å². The van der Waals surface area contributed by atoms with Crippen LogP contribution in [0.15, 0.2) is 60.7 Å². The highest BCUT2D eigenvalue weighted by atomic mass is 19.4. The largest absolute Gasteiger partial charge is 0.466 e. The number of halogens is 28. The molecule has 0 N–H and O–H groups in total. The molecule has 0 aliphatic carbocycles. The van der Waals surface area contributed by atoms with Crippen LogP contribution in [0.2, 0.25) is 0 Å². The van der Waals surface area contributed by atoms with Crippen molar-refractivity contribution in [3.8, 4) is 5.75 Å². The van der Waals surface area contributed by atoms with E-state index in [1.165, 1.54) is 62.3 Å². The minimum atomic E-state index is -5.64. The quantitative estimate of drug-likeness (QED) is 0.0316. The number of carbonyl (C=O) groups is 14. The van der Waals surface area contributed by atoms with Gasteiger partial charge in [-0.3, -0.25) is 43.2 Å². The van der Waals surface area contributed by atoms with Crippen LogP contribution >= 0.6 is 0 Å². The highest BCUT2D eigenvalue weighted by Gasteiger charge is 2.60. The SMILES string of the molecule is CC(=O)OC(C(F)(F)F)C(F)(F)F.CC(=O)OCC(F)(F)F.CC(=O)Oc1ccccc1.CC(F)(F)F.CC(F)(F)F.CCC(OC(C)=O)C(F)(F)C(=O)OC.CCC(OC(C)=O)C(F)(F)C(=O)OCC(F)(F)F.CCC(OC(C)=O)C(F)(F)C(=O)OCc1ccccc1.CCOC(=O)C(F)(F)C(CC)OC(C)=O.CCOC(=O)C(F)(F)C(CC)OC(C)=O.CCOC(C)=O. The van der Waals surface area contributed by atoms with E-state index >= 15 is 0 Å². The third-order valence-electron chi connectivity index (χ3n) is 11.8. The van der Waals surface area contributed by atoms with Crippen LogP contribution in [-0.4, -0.2) is 227 Å². The van der Waals surface area contributed by atoms with Gasteiger partial charge in [-0.2, -0.15) is 123 Å². The van der Waals surface area contributed by atoms with E-state index < -0.39 is 195 Å². The molecule has 0 fully saturated rings. The molecule has 5 unspecified atom stereocenters. The number of alkyl halides is 28. The maximum atomic E-state index is 13.8. The Morgan fingerprint density at radius 1 is 0.277 bits per heavy atom. The van der Waals surface area contributed by atoms with Gasteiger partial charge < -0.3 is 66.3 Å². The Morgan fingerprint density at radius 3 is 0.677 bits per heavy atom. The van der Waals surface area contributed by atoms with Gasteiger partial charge in [-0.1, -0.05) is 83.1 Å². The van der Waals surface area contributed by atoms with Gasteiger partial charge in [0.2, 0.25) is 0 Å². The van der Waals surface area contributed by atoms with Crippen molar-refractivity contribution in [3.63, 3.8) is 0 Å². The highest BCUT2D eigenvalue weighted by molar-refractivity contribution is 5.82.